The molecular formula is C18H18FNO3S2. The van der Waals surface area contributed by atoms with Gasteiger partial charge in [0, 0.05) is 24.0 Å². The molecule has 0 spiro atoms. The molecule has 0 aliphatic carbocycles. The number of piperidine rings is 1. The van der Waals surface area contributed by atoms with E-state index in [-0.39, 0.29) is 10.8 Å². The van der Waals surface area contributed by atoms with Gasteiger partial charge in [0.25, 0.3) is 0 Å². The standard InChI is InChI=1S/C18H18FNO3S2/c19-14-3-6-16(7-4-14)25(22,23)17-9-11-20(12-10-17)18(21)8-5-15-2-1-13-24-15/h1-8,13,17H,9-12H2. The molecule has 0 N–H and O–H groups in total. The Balaban J connectivity index is 1.61. The molecular weight excluding hydrogens is 361 g/mol. The number of thiophene rings is 1. The van der Waals surface area contributed by atoms with Crippen molar-refractivity contribution in [2.45, 2.75) is 23.0 Å². The van der Waals surface area contributed by atoms with Crippen molar-refractivity contribution in [1.82, 2.24) is 4.90 Å². The topological polar surface area (TPSA) is 54.5 Å². The lowest BCUT2D eigenvalue weighted by molar-refractivity contribution is -0.126. The average Bonchev–Trinajstić information content (AvgIpc) is 3.14. The van der Waals surface area contributed by atoms with E-state index in [1.165, 1.54) is 18.2 Å². The van der Waals surface area contributed by atoms with Crippen LogP contribution in [-0.4, -0.2) is 37.6 Å². The van der Waals surface area contributed by atoms with E-state index in [1.807, 2.05) is 17.5 Å². The molecule has 0 unspecified atom stereocenters. The Kier molecular flexibility index (Phi) is 5.34. The molecule has 1 aliphatic heterocycles. The lowest BCUT2D eigenvalue weighted by Gasteiger charge is -2.31. The zero-order chi connectivity index (χ0) is 17.9. The van der Waals surface area contributed by atoms with Crippen molar-refractivity contribution >= 4 is 33.2 Å². The summed E-state index contributed by atoms with van der Waals surface area (Å²) in [5.41, 5.74) is 0. The van der Waals surface area contributed by atoms with Gasteiger partial charge in [0.05, 0.1) is 10.1 Å². The molecule has 2 heterocycles. The van der Waals surface area contributed by atoms with Crippen molar-refractivity contribution in [2.24, 2.45) is 0 Å². The number of carbonyl (C=O) groups excluding carboxylic acids is 1. The van der Waals surface area contributed by atoms with Crippen LogP contribution in [0.5, 0.6) is 0 Å². The fraction of sp³-hybridized carbons (Fsp3) is 0.278. The molecule has 3 rings (SSSR count). The number of hydrogen-bond donors (Lipinski definition) is 0. The molecule has 2 aromatic rings. The second-order valence-electron chi connectivity index (χ2n) is 5.87. The highest BCUT2D eigenvalue weighted by atomic mass is 32.2. The van der Waals surface area contributed by atoms with Gasteiger partial charge in [-0.2, -0.15) is 0 Å². The Labute approximate surface area is 150 Å². The van der Waals surface area contributed by atoms with Crippen molar-refractivity contribution < 1.29 is 17.6 Å². The maximum Gasteiger partial charge on any atom is 0.246 e. The van der Waals surface area contributed by atoms with Gasteiger partial charge < -0.3 is 4.90 Å². The van der Waals surface area contributed by atoms with Crippen LogP contribution >= 0.6 is 11.3 Å². The van der Waals surface area contributed by atoms with Gasteiger partial charge in [-0.05, 0) is 54.6 Å². The molecule has 7 heteroatoms. The van der Waals surface area contributed by atoms with Gasteiger partial charge in [-0.15, -0.1) is 11.3 Å². The van der Waals surface area contributed by atoms with Crippen molar-refractivity contribution in [2.75, 3.05) is 13.1 Å². The number of likely N-dealkylation sites (tertiary alicyclic amines) is 1. The molecule has 132 valence electrons. The number of amides is 1. The summed E-state index contributed by atoms with van der Waals surface area (Å²) in [5, 5.41) is 1.40. The Morgan fingerprint density at radius 3 is 2.44 bits per heavy atom. The lowest BCUT2D eigenvalue weighted by atomic mass is 10.1. The number of hydrogen-bond acceptors (Lipinski definition) is 4. The summed E-state index contributed by atoms with van der Waals surface area (Å²) < 4.78 is 38.2. The minimum absolute atomic E-state index is 0.106. The number of carbonyl (C=O) groups is 1. The van der Waals surface area contributed by atoms with Crippen LogP contribution in [0.3, 0.4) is 0 Å². The van der Waals surface area contributed by atoms with Gasteiger partial charge in [0.1, 0.15) is 5.82 Å². The van der Waals surface area contributed by atoms with Crippen LogP contribution in [0.1, 0.15) is 17.7 Å². The van der Waals surface area contributed by atoms with Crippen LogP contribution in [0.25, 0.3) is 6.08 Å². The molecule has 0 bridgehead atoms. The monoisotopic (exact) mass is 379 g/mol. The predicted octanol–water partition coefficient (Wildman–Crippen LogP) is 3.37. The smallest absolute Gasteiger partial charge is 0.246 e. The summed E-state index contributed by atoms with van der Waals surface area (Å²) in [6, 6.07) is 8.75. The Morgan fingerprint density at radius 2 is 1.84 bits per heavy atom. The minimum atomic E-state index is -3.50. The Morgan fingerprint density at radius 1 is 1.16 bits per heavy atom. The van der Waals surface area contributed by atoms with E-state index in [0.717, 1.165) is 17.0 Å². The Bertz CT molecular complexity index is 850. The zero-order valence-corrected chi connectivity index (χ0v) is 15.1. The maximum absolute atomic E-state index is 13.0. The van der Waals surface area contributed by atoms with E-state index in [2.05, 4.69) is 0 Å². The molecule has 1 aliphatic rings. The number of benzene rings is 1. The molecule has 0 atom stereocenters. The summed E-state index contributed by atoms with van der Waals surface area (Å²) in [4.78, 5) is 15.0. The first kappa shape index (κ1) is 17.8. The van der Waals surface area contributed by atoms with Gasteiger partial charge in [-0.1, -0.05) is 6.07 Å². The fourth-order valence-electron chi connectivity index (χ4n) is 2.85. The molecule has 1 amide bonds. The van der Waals surface area contributed by atoms with Gasteiger partial charge in [0.2, 0.25) is 5.91 Å². The highest BCUT2D eigenvalue weighted by molar-refractivity contribution is 7.92. The quantitative estimate of drug-likeness (QED) is 0.605. The molecule has 4 nitrogen and oxygen atoms in total. The fourth-order valence-corrected chi connectivity index (χ4v) is 5.20. The number of sulfone groups is 1. The summed E-state index contributed by atoms with van der Waals surface area (Å²) in [7, 11) is -3.50. The van der Waals surface area contributed by atoms with E-state index in [1.54, 1.807) is 22.3 Å². The first-order valence-electron chi connectivity index (χ1n) is 7.97. The highest BCUT2D eigenvalue weighted by Gasteiger charge is 2.32. The van der Waals surface area contributed by atoms with Crippen LogP contribution in [0.4, 0.5) is 4.39 Å². The molecule has 1 aromatic heterocycles. The van der Waals surface area contributed by atoms with Crippen LogP contribution in [0, 0.1) is 5.82 Å². The second kappa shape index (κ2) is 7.49. The van der Waals surface area contributed by atoms with Gasteiger partial charge >= 0.3 is 0 Å². The van der Waals surface area contributed by atoms with E-state index in [0.29, 0.717) is 25.9 Å². The largest absolute Gasteiger partial charge is 0.339 e. The third kappa shape index (κ3) is 4.16. The predicted molar refractivity (Wildman–Crippen MR) is 96.5 cm³/mol. The first-order chi connectivity index (χ1) is 12.0. The van der Waals surface area contributed by atoms with Crippen molar-refractivity contribution in [1.29, 1.82) is 0 Å². The van der Waals surface area contributed by atoms with Gasteiger partial charge in [-0.3, -0.25) is 4.79 Å². The summed E-state index contributed by atoms with van der Waals surface area (Å²) >= 11 is 1.55. The molecule has 25 heavy (non-hydrogen) atoms. The molecule has 0 radical (unpaired) electrons. The zero-order valence-electron chi connectivity index (χ0n) is 13.5. The Hall–Kier alpha value is -1.99. The number of rotatable bonds is 4. The van der Waals surface area contributed by atoms with Crippen LogP contribution in [0.15, 0.2) is 52.7 Å². The summed E-state index contributed by atoms with van der Waals surface area (Å²) in [5.74, 6) is -0.567. The van der Waals surface area contributed by atoms with Crippen LogP contribution < -0.4 is 0 Å². The third-order valence-corrected chi connectivity index (χ3v) is 7.38. The van der Waals surface area contributed by atoms with Gasteiger partial charge in [0.15, 0.2) is 9.84 Å². The van der Waals surface area contributed by atoms with E-state index in [9.17, 15) is 17.6 Å². The van der Waals surface area contributed by atoms with Crippen LogP contribution in [-0.2, 0) is 14.6 Å². The maximum atomic E-state index is 13.0. The number of nitrogens with zero attached hydrogens (tertiary/aromatic N) is 1. The third-order valence-electron chi connectivity index (χ3n) is 4.27. The van der Waals surface area contributed by atoms with E-state index < -0.39 is 20.9 Å². The summed E-state index contributed by atoms with van der Waals surface area (Å²) in [6.45, 7) is 0.803. The van der Waals surface area contributed by atoms with Crippen molar-refractivity contribution in [3.05, 3.63) is 58.5 Å². The molecule has 1 aromatic carbocycles. The minimum Gasteiger partial charge on any atom is -0.339 e. The van der Waals surface area contributed by atoms with Gasteiger partial charge in [-0.25, -0.2) is 12.8 Å². The summed E-state index contributed by atoms with van der Waals surface area (Å²) in [6.07, 6.45) is 4.07. The normalized spacial score (nSPS) is 16.4. The van der Waals surface area contributed by atoms with Crippen molar-refractivity contribution in [3.8, 4) is 0 Å². The molecule has 1 fully saturated rings. The first-order valence-corrected chi connectivity index (χ1v) is 10.4. The second-order valence-corrected chi connectivity index (χ2v) is 9.08. The lowest BCUT2D eigenvalue weighted by Crippen LogP contribution is -2.41. The van der Waals surface area contributed by atoms with E-state index >= 15 is 0 Å². The molecule has 0 saturated carbocycles. The van der Waals surface area contributed by atoms with E-state index in [4.69, 9.17) is 0 Å². The highest BCUT2D eigenvalue weighted by Crippen LogP contribution is 2.25. The number of halogens is 1. The molecule has 1 saturated heterocycles. The van der Waals surface area contributed by atoms with Crippen molar-refractivity contribution in [3.63, 3.8) is 0 Å². The average molecular weight is 379 g/mol. The van der Waals surface area contributed by atoms with Crippen LogP contribution in [0.2, 0.25) is 0 Å². The SMILES string of the molecule is O=C(C=Cc1cccs1)N1CCC(S(=O)(=O)c2ccc(F)cc2)CC1.